The van der Waals surface area contributed by atoms with Crippen molar-refractivity contribution < 1.29 is 9.31 Å². The first-order valence-corrected chi connectivity index (χ1v) is 6.75. The van der Waals surface area contributed by atoms with E-state index < -0.39 is 18.3 Å². The molecule has 1 aliphatic rings. The van der Waals surface area contributed by atoms with Gasteiger partial charge in [0.2, 0.25) is 0 Å². The Balaban J connectivity index is 2.46. The van der Waals surface area contributed by atoms with Gasteiger partial charge >= 0.3 is 7.12 Å². The molecular weight excluding hydrogens is 253 g/mol. The molecule has 1 aliphatic heterocycles. The molecule has 0 unspecified atom stereocenters. The standard InChI is InChI=1S/C14H20BN3O2/c1-13(2)14(3,4)20-15(19-13)12-10(5-6-16)8-18-9-11(12)7-17/h8-9H,5-6,16H2,1-4H3. The van der Waals surface area contributed by atoms with Gasteiger partial charge in [-0.2, -0.15) is 5.26 Å². The summed E-state index contributed by atoms with van der Waals surface area (Å²) in [6.07, 6.45) is 3.91. The Hall–Kier alpha value is -1.42. The quantitative estimate of drug-likeness (QED) is 0.822. The largest absolute Gasteiger partial charge is 0.496 e. The molecule has 5 nitrogen and oxygen atoms in total. The van der Waals surface area contributed by atoms with Crippen molar-refractivity contribution in [2.24, 2.45) is 5.73 Å². The summed E-state index contributed by atoms with van der Waals surface area (Å²) in [6.45, 7) is 8.44. The van der Waals surface area contributed by atoms with Crippen LogP contribution in [0.4, 0.5) is 0 Å². The zero-order chi connectivity index (χ0) is 15.0. The fourth-order valence-corrected chi connectivity index (χ4v) is 2.20. The predicted molar refractivity (Wildman–Crippen MR) is 77.4 cm³/mol. The lowest BCUT2D eigenvalue weighted by molar-refractivity contribution is 0.00578. The minimum atomic E-state index is -0.556. The van der Waals surface area contributed by atoms with Crippen LogP contribution in [0.15, 0.2) is 12.4 Å². The molecule has 0 saturated carbocycles. The van der Waals surface area contributed by atoms with Crippen molar-refractivity contribution in [3.63, 3.8) is 0 Å². The molecule has 20 heavy (non-hydrogen) atoms. The first-order valence-electron chi connectivity index (χ1n) is 6.75. The van der Waals surface area contributed by atoms with E-state index in [0.29, 0.717) is 18.5 Å². The van der Waals surface area contributed by atoms with E-state index >= 15 is 0 Å². The Morgan fingerprint density at radius 2 is 1.85 bits per heavy atom. The lowest BCUT2D eigenvalue weighted by Gasteiger charge is -2.32. The van der Waals surface area contributed by atoms with Gasteiger partial charge < -0.3 is 15.0 Å². The van der Waals surface area contributed by atoms with Crippen molar-refractivity contribution in [2.45, 2.75) is 45.3 Å². The highest BCUT2D eigenvalue weighted by Crippen LogP contribution is 2.36. The molecule has 0 amide bonds. The Labute approximate surface area is 120 Å². The molecule has 106 valence electrons. The van der Waals surface area contributed by atoms with Crippen molar-refractivity contribution in [2.75, 3.05) is 6.54 Å². The number of hydrogen-bond donors (Lipinski definition) is 1. The van der Waals surface area contributed by atoms with Gasteiger partial charge in [-0.05, 0) is 46.2 Å². The third-order valence-electron chi connectivity index (χ3n) is 4.09. The third-order valence-corrected chi connectivity index (χ3v) is 4.09. The topological polar surface area (TPSA) is 81.2 Å². The van der Waals surface area contributed by atoms with Crippen LogP contribution in [-0.4, -0.2) is 29.8 Å². The van der Waals surface area contributed by atoms with Crippen LogP contribution >= 0.6 is 0 Å². The molecular formula is C14H20BN3O2. The van der Waals surface area contributed by atoms with Crippen LogP contribution in [0.3, 0.4) is 0 Å². The van der Waals surface area contributed by atoms with Crippen LogP contribution in [0.1, 0.15) is 38.8 Å². The second kappa shape index (κ2) is 5.17. The maximum absolute atomic E-state index is 9.30. The number of rotatable bonds is 3. The number of hydrogen-bond acceptors (Lipinski definition) is 5. The van der Waals surface area contributed by atoms with Crippen molar-refractivity contribution in [3.05, 3.63) is 23.5 Å². The Bertz CT molecular complexity index is 536. The third kappa shape index (κ3) is 2.45. The molecule has 0 bridgehead atoms. The monoisotopic (exact) mass is 273 g/mol. The smallest absolute Gasteiger partial charge is 0.399 e. The summed E-state index contributed by atoms with van der Waals surface area (Å²) in [7, 11) is -0.556. The SMILES string of the molecule is CC1(C)OB(c2c(C#N)cncc2CCN)OC1(C)C. The van der Waals surface area contributed by atoms with Crippen LogP contribution in [0.2, 0.25) is 0 Å². The highest BCUT2D eigenvalue weighted by molar-refractivity contribution is 6.63. The van der Waals surface area contributed by atoms with E-state index in [-0.39, 0.29) is 0 Å². The Morgan fingerprint density at radius 1 is 1.25 bits per heavy atom. The molecule has 0 spiro atoms. The van der Waals surface area contributed by atoms with Gasteiger partial charge in [0.25, 0.3) is 0 Å². The normalized spacial score (nSPS) is 19.9. The highest BCUT2D eigenvalue weighted by atomic mass is 16.7. The first kappa shape index (κ1) is 15.0. The summed E-state index contributed by atoms with van der Waals surface area (Å²) < 4.78 is 12.1. The van der Waals surface area contributed by atoms with Gasteiger partial charge in [-0.1, -0.05) is 0 Å². The number of pyridine rings is 1. The maximum atomic E-state index is 9.30. The molecule has 0 radical (unpaired) electrons. The van der Waals surface area contributed by atoms with Gasteiger partial charge in [-0.25, -0.2) is 0 Å². The zero-order valence-corrected chi connectivity index (χ0v) is 12.4. The van der Waals surface area contributed by atoms with Gasteiger partial charge in [-0.15, -0.1) is 0 Å². The van der Waals surface area contributed by atoms with E-state index in [0.717, 1.165) is 11.0 Å². The molecule has 0 aliphatic carbocycles. The maximum Gasteiger partial charge on any atom is 0.496 e. The summed E-state index contributed by atoms with van der Waals surface area (Å²) in [5, 5.41) is 9.30. The van der Waals surface area contributed by atoms with E-state index in [1.165, 1.54) is 0 Å². The van der Waals surface area contributed by atoms with Gasteiger partial charge in [0.1, 0.15) is 6.07 Å². The number of aromatic nitrogens is 1. The van der Waals surface area contributed by atoms with Crippen LogP contribution < -0.4 is 11.2 Å². The minimum absolute atomic E-state index is 0.437. The highest BCUT2D eigenvalue weighted by Gasteiger charge is 2.52. The molecule has 1 saturated heterocycles. The fraction of sp³-hybridized carbons (Fsp3) is 0.571. The summed E-state index contributed by atoms with van der Waals surface area (Å²) in [6, 6.07) is 2.16. The lowest BCUT2D eigenvalue weighted by atomic mass is 9.73. The summed E-state index contributed by atoms with van der Waals surface area (Å²) in [4.78, 5) is 4.09. The van der Waals surface area contributed by atoms with Gasteiger partial charge in [0, 0.05) is 17.9 Å². The molecule has 1 aromatic rings. The predicted octanol–water partition coefficient (Wildman–Crippen LogP) is 0.754. The second-order valence-electron chi connectivity index (χ2n) is 6.00. The fourth-order valence-electron chi connectivity index (χ4n) is 2.20. The molecule has 0 atom stereocenters. The molecule has 1 fully saturated rings. The summed E-state index contributed by atoms with van der Waals surface area (Å²) in [5.41, 5.74) is 6.90. The van der Waals surface area contributed by atoms with Crippen LogP contribution in [0.25, 0.3) is 0 Å². The molecule has 2 N–H and O–H groups in total. The average Bonchev–Trinajstić information content (AvgIpc) is 2.58. The van der Waals surface area contributed by atoms with E-state index in [1.54, 1.807) is 12.4 Å². The molecule has 2 rings (SSSR count). The zero-order valence-electron chi connectivity index (χ0n) is 12.4. The summed E-state index contributed by atoms with van der Waals surface area (Å²) >= 11 is 0. The second-order valence-corrected chi connectivity index (χ2v) is 6.00. The van der Waals surface area contributed by atoms with E-state index in [9.17, 15) is 5.26 Å². The molecule has 0 aromatic carbocycles. The van der Waals surface area contributed by atoms with Crippen molar-refractivity contribution in [1.29, 1.82) is 5.26 Å². The number of nitriles is 1. The van der Waals surface area contributed by atoms with Crippen LogP contribution in [0.5, 0.6) is 0 Å². The van der Waals surface area contributed by atoms with Crippen LogP contribution in [0, 0.1) is 11.3 Å². The number of nitrogens with two attached hydrogens (primary N) is 1. The Kier molecular flexibility index (Phi) is 3.87. The van der Waals surface area contributed by atoms with Crippen molar-refractivity contribution in [3.8, 4) is 6.07 Å². The summed E-state index contributed by atoms with van der Waals surface area (Å²) in [5.74, 6) is 0. The molecule has 6 heteroatoms. The van der Waals surface area contributed by atoms with Crippen molar-refractivity contribution >= 4 is 12.6 Å². The van der Waals surface area contributed by atoms with Gasteiger partial charge in [-0.3, -0.25) is 4.98 Å². The van der Waals surface area contributed by atoms with E-state index in [1.807, 2.05) is 27.7 Å². The minimum Gasteiger partial charge on any atom is -0.399 e. The van der Waals surface area contributed by atoms with Gasteiger partial charge in [0.15, 0.2) is 0 Å². The lowest BCUT2D eigenvalue weighted by Crippen LogP contribution is -2.41. The van der Waals surface area contributed by atoms with Gasteiger partial charge in [0.05, 0.1) is 16.8 Å². The number of nitrogens with zero attached hydrogens (tertiary/aromatic N) is 2. The molecule has 2 heterocycles. The molecule has 1 aromatic heterocycles. The average molecular weight is 273 g/mol. The van der Waals surface area contributed by atoms with E-state index in [2.05, 4.69) is 11.1 Å². The van der Waals surface area contributed by atoms with Crippen LogP contribution in [-0.2, 0) is 15.7 Å². The Morgan fingerprint density at radius 3 is 2.35 bits per heavy atom. The first-order chi connectivity index (χ1) is 9.32. The van der Waals surface area contributed by atoms with Crippen molar-refractivity contribution in [1.82, 2.24) is 4.98 Å². The van der Waals surface area contributed by atoms with E-state index in [4.69, 9.17) is 15.0 Å².